The summed E-state index contributed by atoms with van der Waals surface area (Å²) in [6.07, 6.45) is -1.41. The zero-order valence-electron chi connectivity index (χ0n) is 15.9. The van der Waals surface area contributed by atoms with E-state index in [-0.39, 0.29) is 26.9 Å². The fraction of sp³-hybridized carbons (Fsp3) is 0.529. The van der Waals surface area contributed by atoms with Crippen LogP contribution in [0.25, 0.3) is 0 Å². The zero-order chi connectivity index (χ0) is 21.6. The molecule has 1 aromatic rings. The molecule has 0 fully saturated rings. The molecule has 0 spiro atoms. The van der Waals surface area contributed by atoms with E-state index < -0.39 is 40.7 Å². The van der Waals surface area contributed by atoms with Crippen LogP contribution in [0.3, 0.4) is 0 Å². The number of sulfonamides is 1. The number of hydrogen-bond acceptors (Lipinski definition) is 6. The third-order valence-corrected chi connectivity index (χ3v) is 6.13. The van der Waals surface area contributed by atoms with E-state index in [2.05, 4.69) is 10.0 Å². The lowest BCUT2D eigenvalue weighted by Crippen LogP contribution is -2.49. The largest absolute Gasteiger partial charge is 0.454 e. The van der Waals surface area contributed by atoms with Crippen molar-refractivity contribution in [3.05, 3.63) is 28.2 Å². The van der Waals surface area contributed by atoms with E-state index in [4.69, 9.17) is 27.9 Å². The lowest BCUT2D eigenvalue weighted by atomic mass is 10.1. The Morgan fingerprint density at radius 2 is 1.75 bits per heavy atom. The van der Waals surface area contributed by atoms with E-state index in [1.54, 1.807) is 6.92 Å². The normalized spacial score (nSPS) is 15.0. The number of amides is 1. The highest BCUT2D eigenvalue weighted by molar-refractivity contribution is 7.89. The van der Waals surface area contributed by atoms with Crippen LogP contribution >= 0.6 is 23.2 Å². The SMILES string of the molecule is CC(C)C(C)NC(=O)COC(=O)C(NS(=O)(=O)c1ccc(Cl)c(Cl)c1)C(C)O. The molecular formula is C17H24Cl2N2O6S. The van der Waals surface area contributed by atoms with Gasteiger partial charge < -0.3 is 15.2 Å². The van der Waals surface area contributed by atoms with Crippen molar-refractivity contribution in [3.8, 4) is 0 Å². The number of carbonyl (C=O) groups is 2. The van der Waals surface area contributed by atoms with Crippen molar-refractivity contribution in [1.82, 2.24) is 10.0 Å². The maximum Gasteiger partial charge on any atom is 0.327 e. The van der Waals surface area contributed by atoms with Gasteiger partial charge in [-0.2, -0.15) is 4.72 Å². The first kappa shape index (κ1) is 24.6. The van der Waals surface area contributed by atoms with Crippen molar-refractivity contribution >= 4 is 45.1 Å². The molecule has 1 rings (SSSR count). The van der Waals surface area contributed by atoms with Gasteiger partial charge in [0, 0.05) is 6.04 Å². The second-order valence-electron chi connectivity index (χ2n) is 6.62. The second kappa shape index (κ2) is 10.4. The van der Waals surface area contributed by atoms with Crippen LogP contribution in [0.2, 0.25) is 10.0 Å². The van der Waals surface area contributed by atoms with E-state index in [1.165, 1.54) is 19.1 Å². The van der Waals surface area contributed by atoms with Crippen LogP contribution < -0.4 is 10.0 Å². The number of nitrogens with one attached hydrogen (secondary N) is 2. The van der Waals surface area contributed by atoms with Crippen LogP contribution in [0.15, 0.2) is 23.1 Å². The van der Waals surface area contributed by atoms with Gasteiger partial charge in [0.2, 0.25) is 10.0 Å². The Balaban J connectivity index is 2.82. The smallest absolute Gasteiger partial charge is 0.327 e. The van der Waals surface area contributed by atoms with E-state index in [0.29, 0.717) is 0 Å². The summed E-state index contributed by atoms with van der Waals surface area (Å²) < 4.78 is 31.8. The molecule has 1 amide bonds. The van der Waals surface area contributed by atoms with Crippen LogP contribution in [-0.4, -0.2) is 50.2 Å². The first-order valence-corrected chi connectivity index (χ1v) is 10.7. The number of benzene rings is 1. The van der Waals surface area contributed by atoms with Gasteiger partial charge in [0.25, 0.3) is 5.91 Å². The standard InChI is InChI=1S/C17H24Cl2N2O6S/c1-9(2)10(3)20-15(23)8-27-17(24)16(11(4)22)21-28(25,26)12-5-6-13(18)14(19)7-12/h5-7,9-11,16,21-22H,8H2,1-4H3,(H,20,23). The fourth-order valence-corrected chi connectivity index (χ4v) is 3.56. The Labute approximate surface area is 174 Å². The highest BCUT2D eigenvalue weighted by atomic mass is 35.5. The number of ether oxygens (including phenoxy) is 1. The number of aliphatic hydroxyl groups is 1. The maximum atomic E-state index is 12.5. The van der Waals surface area contributed by atoms with Gasteiger partial charge in [-0.05, 0) is 38.0 Å². The van der Waals surface area contributed by atoms with Crippen LogP contribution in [0, 0.1) is 5.92 Å². The van der Waals surface area contributed by atoms with E-state index in [0.717, 1.165) is 6.07 Å². The molecule has 0 aliphatic carbocycles. The molecule has 0 aliphatic rings. The summed E-state index contributed by atoms with van der Waals surface area (Å²) >= 11 is 11.6. The minimum Gasteiger partial charge on any atom is -0.454 e. The average molecular weight is 455 g/mol. The summed E-state index contributed by atoms with van der Waals surface area (Å²) in [6, 6.07) is 1.84. The predicted octanol–water partition coefficient (Wildman–Crippen LogP) is 1.72. The van der Waals surface area contributed by atoms with Crippen molar-refractivity contribution in [1.29, 1.82) is 0 Å². The Morgan fingerprint density at radius 1 is 1.14 bits per heavy atom. The highest BCUT2D eigenvalue weighted by Crippen LogP contribution is 2.25. The monoisotopic (exact) mass is 454 g/mol. The van der Waals surface area contributed by atoms with Crippen molar-refractivity contribution in [2.75, 3.05) is 6.61 Å². The maximum absolute atomic E-state index is 12.5. The van der Waals surface area contributed by atoms with Crippen molar-refractivity contribution < 1.29 is 27.9 Å². The first-order valence-electron chi connectivity index (χ1n) is 8.46. The lowest BCUT2D eigenvalue weighted by Gasteiger charge is -2.21. The molecule has 0 heterocycles. The second-order valence-corrected chi connectivity index (χ2v) is 9.15. The molecular weight excluding hydrogens is 431 g/mol. The average Bonchev–Trinajstić information content (AvgIpc) is 2.59. The summed E-state index contributed by atoms with van der Waals surface area (Å²) in [5.74, 6) is -1.44. The third kappa shape index (κ3) is 7.21. The molecule has 0 saturated heterocycles. The highest BCUT2D eigenvalue weighted by Gasteiger charge is 2.31. The summed E-state index contributed by atoms with van der Waals surface area (Å²) in [6.45, 7) is 6.24. The Morgan fingerprint density at radius 3 is 2.25 bits per heavy atom. The van der Waals surface area contributed by atoms with Crippen LogP contribution in [-0.2, 0) is 24.3 Å². The molecule has 3 N–H and O–H groups in total. The summed E-state index contributed by atoms with van der Waals surface area (Å²) in [7, 11) is -4.21. The summed E-state index contributed by atoms with van der Waals surface area (Å²) in [4.78, 5) is 23.8. The molecule has 11 heteroatoms. The molecule has 0 bridgehead atoms. The number of halogens is 2. The van der Waals surface area contributed by atoms with Gasteiger partial charge in [-0.15, -0.1) is 0 Å². The number of esters is 1. The van der Waals surface area contributed by atoms with E-state index in [1.807, 2.05) is 13.8 Å². The van der Waals surface area contributed by atoms with E-state index in [9.17, 15) is 23.1 Å². The first-order chi connectivity index (χ1) is 12.8. The Bertz CT molecular complexity index is 814. The number of rotatable bonds is 9. The zero-order valence-corrected chi connectivity index (χ0v) is 18.2. The van der Waals surface area contributed by atoms with E-state index >= 15 is 0 Å². The van der Waals surface area contributed by atoms with Crippen molar-refractivity contribution in [2.24, 2.45) is 5.92 Å². The summed E-state index contributed by atoms with van der Waals surface area (Å²) in [5.41, 5.74) is 0. The number of aliphatic hydroxyl groups excluding tert-OH is 1. The minimum atomic E-state index is -4.21. The van der Waals surface area contributed by atoms with Gasteiger partial charge in [0.15, 0.2) is 6.61 Å². The molecule has 0 radical (unpaired) electrons. The minimum absolute atomic E-state index is 0.0108. The van der Waals surface area contributed by atoms with Crippen molar-refractivity contribution in [2.45, 2.75) is 50.8 Å². The molecule has 1 aromatic carbocycles. The van der Waals surface area contributed by atoms with Gasteiger partial charge in [-0.1, -0.05) is 37.0 Å². The fourth-order valence-electron chi connectivity index (χ4n) is 1.91. The van der Waals surface area contributed by atoms with Crippen LogP contribution in [0.4, 0.5) is 0 Å². The molecule has 28 heavy (non-hydrogen) atoms. The van der Waals surface area contributed by atoms with Crippen LogP contribution in [0.1, 0.15) is 27.7 Å². The van der Waals surface area contributed by atoms with Gasteiger partial charge in [0.1, 0.15) is 6.04 Å². The molecule has 8 nitrogen and oxygen atoms in total. The molecule has 3 atom stereocenters. The van der Waals surface area contributed by atoms with Crippen LogP contribution in [0.5, 0.6) is 0 Å². The molecule has 0 aliphatic heterocycles. The topological polar surface area (TPSA) is 122 Å². The number of carbonyl (C=O) groups excluding carboxylic acids is 2. The Kier molecular flexibility index (Phi) is 9.16. The molecule has 158 valence electrons. The molecule has 0 aromatic heterocycles. The summed E-state index contributed by atoms with van der Waals surface area (Å²) in [5, 5.41) is 12.6. The number of hydrogen-bond donors (Lipinski definition) is 3. The van der Waals surface area contributed by atoms with Gasteiger partial charge in [-0.3, -0.25) is 9.59 Å². The Hall–Kier alpha value is -1.39. The third-order valence-electron chi connectivity index (χ3n) is 3.95. The quantitative estimate of drug-likeness (QED) is 0.488. The van der Waals surface area contributed by atoms with Gasteiger partial charge in [-0.25, -0.2) is 8.42 Å². The predicted molar refractivity (Wildman–Crippen MR) is 106 cm³/mol. The molecule has 0 saturated carbocycles. The lowest BCUT2D eigenvalue weighted by molar-refractivity contribution is -0.152. The van der Waals surface area contributed by atoms with Crippen molar-refractivity contribution in [3.63, 3.8) is 0 Å². The molecule has 3 unspecified atom stereocenters. The van der Waals surface area contributed by atoms with Gasteiger partial charge >= 0.3 is 5.97 Å². The van der Waals surface area contributed by atoms with Gasteiger partial charge in [0.05, 0.1) is 21.0 Å².